The Morgan fingerprint density at radius 2 is 1.60 bits per heavy atom. The van der Waals surface area contributed by atoms with E-state index in [0.29, 0.717) is 17.2 Å². The summed E-state index contributed by atoms with van der Waals surface area (Å²) >= 11 is 5.56. The van der Waals surface area contributed by atoms with Gasteiger partial charge in [-0.15, -0.1) is 11.6 Å². The second-order valence-electron chi connectivity index (χ2n) is 4.85. The van der Waals surface area contributed by atoms with Crippen molar-refractivity contribution in [1.29, 1.82) is 0 Å². The topological polar surface area (TPSA) is 9.23 Å². The maximum atomic E-state index is 13.8. The summed E-state index contributed by atoms with van der Waals surface area (Å²) in [6.07, 6.45) is 0. The SMILES string of the molecule is CC(C)c1ccc(Oc2c(F)cc(CCl)cc2F)cc1. The van der Waals surface area contributed by atoms with Gasteiger partial charge in [-0.05, 0) is 41.3 Å². The van der Waals surface area contributed by atoms with E-state index in [4.69, 9.17) is 16.3 Å². The van der Waals surface area contributed by atoms with Crippen molar-refractivity contribution in [2.24, 2.45) is 0 Å². The smallest absolute Gasteiger partial charge is 0.198 e. The third kappa shape index (κ3) is 3.28. The van der Waals surface area contributed by atoms with Crippen LogP contribution < -0.4 is 4.74 Å². The Kier molecular flexibility index (Phi) is 4.61. The Labute approximate surface area is 122 Å². The third-order valence-corrected chi connectivity index (χ3v) is 3.29. The average Bonchev–Trinajstić information content (AvgIpc) is 2.43. The lowest BCUT2D eigenvalue weighted by Gasteiger charge is -2.10. The van der Waals surface area contributed by atoms with Crippen molar-refractivity contribution in [1.82, 2.24) is 0 Å². The van der Waals surface area contributed by atoms with Gasteiger partial charge in [0.1, 0.15) is 5.75 Å². The molecule has 2 rings (SSSR count). The molecule has 0 unspecified atom stereocenters. The second kappa shape index (κ2) is 6.23. The van der Waals surface area contributed by atoms with Crippen LogP contribution in [0, 0.1) is 11.6 Å². The lowest BCUT2D eigenvalue weighted by Crippen LogP contribution is -1.95. The van der Waals surface area contributed by atoms with Crippen molar-refractivity contribution >= 4 is 11.6 Å². The van der Waals surface area contributed by atoms with Crippen molar-refractivity contribution in [3.63, 3.8) is 0 Å². The van der Waals surface area contributed by atoms with Gasteiger partial charge in [0.2, 0.25) is 0 Å². The molecule has 0 aromatic heterocycles. The Morgan fingerprint density at radius 1 is 1.05 bits per heavy atom. The van der Waals surface area contributed by atoms with Crippen LogP contribution in [-0.4, -0.2) is 0 Å². The molecule has 0 aliphatic rings. The zero-order chi connectivity index (χ0) is 14.7. The zero-order valence-corrected chi connectivity index (χ0v) is 12.0. The van der Waals surface area contributed by atoms with Crippen LogP contribution in [0.1, 0.15) is 30.9 Å². The molecule has 0 atom stereocenters. The Morgan fingerprint density at radius 3 is 2.05 bits per heavy atom. The van der Waals surface area contributed by atoms with Gasteiger partial charge >= 0.3 is 0 Å². The van der Waals surface area contributed by atoms with E-state index in [-0.39, 0.29) is 5.88 Å². The highest BCUT2D eigenvalue weighted by molar-refractivity contribution is 6.17. The minimum Gasteiger partial charge on any atom is -0.451 e. The predicted octanol–water partition coefficient (Wildman–Crippen LogP) is 5.62. The molecular formula is C16H15ClF2O. The standard InChI is InChI=1S/C16H15ClF2O/c1-10(2)12-3-5-13(6-4-12)20-16-14(18)7-11(9-17)8-15(16)19/h3-8,10H,9H2,1-2H3. The first-order chi connectivity index (χ1) is 9.51. The summed E-state index contributed by atoms with van der Waals surface area (Å²) in [7, 11) is 0. The summed E-state index contributed by atoms with van der Waals surface area (Å²) in [4.78, 5) is 0. The molecule has 0 bridgehead atoms. The number of hydrogen-bond acceptors (Lipinski definition) is 1. The van der Waals surface area contributed by atoms with E-state index >= 15 is 0 Å². The van der Waals surface area contributed by atoms with Gasteiger partial charge in [0.25, 0.3) is 0 Å². The molecule has 4 heteroatoms. The van der Waals surface area contributed by atoms with Crippen LogP contribution in [0.15, 0.2) is 36.4 Å². The highest BCUT2D eigenvalue weighted by Gasteiger charge is 2.13. The largest absolute Gasteiger partial charge is 0.451 e. The molecule has 0 saturated heterocycles. The van der Waals surface area contributed by atoms with E-state index in [0.717, 1.165) is 5.56 Å². The minimum absolute atomic E-state index is 0.0528. The van der Waals surface area contributed by atoms with E-state index in [1.54, 1.807) is 12.1 Å². The van der Waals surface area contributed by atoms with Gasteiger partial charge in [-0.3, -0.25) is 0 Å². The first kappa shape index (κ1) is 14.8. The molecule has 0 spiro atoms. The number of benzene rings is 2. The minimum atomic E-state index is -0.756. The van der Waals surface area contributed by atoms with Crippen molar-refractivity contribution in [3.8, 4) is 11.5 Å². The Balaban J connectivity index is 2.26. The van der Waals surface area contributed by atoms with Gasteiger partial charge in [0.15, 0.2) is 17.4 Å². The first-order valence-corrected chi connectivity index (χ1v) is 6.86. The Hall–Kier alpha value is -1.61. The van der Waals surface area contributed by atoms with Crippen LogP contribution in [0.2, 0.25) is 0 Å². The van der Waals surface area contributed by atoms with Gasteiger partial charge < -0.3 is 4.74 Å². The molecule has 0 radical (unpaired) electrons. The van der Waals surface area contributed by atoms with Crippen LogP contribution in [0.4, 0.5) is 8.78 Å². The van der Waals surface area contributed by atoms with E-state index in [1.807, 2.05) is 12.1 Å². The van der Waals surface area contributed by atoms with Crippen LogP contribution >= 0.6 is 11.6 Å². The maximum Gasteiger partial charge on any atom is 0.198 e. The molecule has 0 saturated carbocycles. The molecule has 0 N–H and O–H groups in total. The van der Waals surface area contributed by atoms with E-state index in [1.165, 1.54) is 12.1 Å². The number of alkyl halides is 1. The number of rotatable bonds is 4. The fourth-order valence-electron chi connectivity index (χ4n) is 1.83. The monoisotopic (exact) mass is 296 g/mol. The first-order valence-electron chi connectivity index (χ1n) is 6.33. The van der Waals surface area contributed by atoms with Crippen molar-refractivity contribution in [2.45, 2.75) is 25.6 Å². The molecule has 1 nitrogen and oxygen atoms in total. The van der Waals surface area contributed by atoms with Crippen molar-refractivity contribution in [3.05, 3.63) is 59.2 Å². The Bertz CT molecular complexity index is 571. The quantitative estimate of drug-likeness (QED) is 0.665. The summed E-state index contributed by atoms with van der Waals surface area (Å²) in [5.74, 6) is -1.08. The molecule has 106 valence electrons. The molecule has 0 amide bonds. The fraction of sp³-hybridized carbons (Fsp3) is 0.250. The van der Waals surface area contributed by atoms with Crippen molar-refractivity contribution < 1.29 is 13.5 Å². The van der Waals surface area contributed by atoms with Crippen LogP contribution in [0.25, 0.3) is 0 Å². The van der Waals surface area contributed by atoms with E-state index < -0.39 is 17.4 Å². The van der Waals surface area contributed by atoms with Gasteiger partial charge in [0.05, 0.1) is 0 Å². The highest BCUT2D eigenvalue weighted by atomic mass is 35.5. The van der Waals surface area contributed by atoms with Gasteiger partial charge in [-0.2, -0.15) is 0 Å². The summed E-state index contributed by atoms with van der Waals surface area (Å²) in [5.41, 5.74) is 1.51. The lowest BCUT2D eigenvalue weighted by atomic mass is 10.0. The van der Waals surface area contributed by atoms with E-state index in [2.05, 4.69) is 13.8 Å². The molecule has 0 fully saturated rings. The van der Waals surface area contributed by atoms with Crippen LogP contribution in [-0.2, 0) is 5.88 Å². The molecule has 2 aromatic rings. The molecule has 0 aliphatic carbocycles. The van der Waals surface area contributed by atoms with Crippen LogP contribution in [0.3, 0.4) is 0 Å². The molecule has 20 heavy (non-hydrogen) atoms. The van der Waals surface area contributed by atoms with Gasteiger partial charge in [-0.25, -0.2) is 8.78 Å². The lowest BCUT2D eigenvalue weighted by molar-refractivity contribution is 0.406. The number of halogens is 3. The maximum absolute atomic E-state index is 13.8. The van der Waals surface area contributed by atoms with Gasteiger partial charge in [0, 0.05) is 5.88 Å². The summed E-state index contributed by atoms with van der Waals surface area (Å²) in [6.45, 7) is 4.14. The van der Waals surface area contributed by atoms with E-state index in [9.17, 15) is 8.78 Å². The van der Waals surface area contributed by atoms with Gasteiger partial charge in [-0.1, -0.05) is 26.0 Å². The molecule has 2 aromatic carbocycles. The zero-order valence-electron chi connectivity index (χ0n) is 11.3. The molecule has 0 heterocycles. The summed E-state index contributed by atoms with van der Waals surface area (Å²) in [6, 6.07) is 9.50. The summed E-state index contributed by atoms with van der Waals surface area (Å²) < 4.78 is 32.8. The number of hydrogen-bond donors (Lipinski definition) is 0. The highest BCUT2D eigenvalue weighted by Crippen LogP contribution is 2.29. The molecule has 0 aliphatic heterocycles. The summed E-state index contributed by atoms with van der Waals surface area (Å²) in [5, 5.41) is 0. The van der Waals surface area contributed by atoms with Crippen molar-refractivity contribution in [2.75, 3.05) is 0 Å². The normalized spacial score (nSPS) is 10.9. The second-order valence-corrected chi connectivity index (χ2v) is 5.12. The number of ether oxygens (including phenoxy) is 1. The molecular weight excluding hydrogens is 282 g/mol. The average molecular weight is 297 g/mol. The predicted molar refractivity (Wildman–Crippen MR) is 76.5 cm³/mol. The van der Waals surface area contributed by atoms with Crippen LogP contribution in [0.5, 0.6) is 11.5 Å². The third-order valence-electron chi connectivity index (χ3n) is 2.98. The fourth-order valence-corrected chi connectivity index (χ4v) is 1.98.